The van der Waals surface area contributed by atoms with Crippen LogP contribution in [0.15, 0.2) is 46.9 Å². The largest absolute Gasteiger partial charge is 0.508 e. The van der Waals surface area contributed by atoms with E-state index in [9.17, 15) is 19.4 Å². The van der Waals surface area contributed by atoms with Gasteiger partial charge in [-0.1, -0.05) is 0 Å². The molecule has 0 aliphatic carbocycles. The van der Waals surface area contributed by atoms with Crippen LogP contribution in [-0.4, -0.2) is 16.2 Å². The highest BCUT2D eigenvalue weighted by atomic mass is 19.1. The average Bonchev–Trinajstić information content (AvgIpc) is 2.78. The number of rotatable bonds is 2. The average molecular weight is 272 g/mol. The number of benzene rings is 2. The number of phenols is 1. The number of carboxylic acid groups (broad SMARTS) is 1. The molecule has 4 nitrogen and oxygen atoms in total. The number of halogens is 1. The maximum absolute atomic E-state index is 12.9. The van der Waals surface area contributed by atoms with Gasteiger partial charge in [-0.05, 0) is 42.5 Å². The second kappa shape index (κ2) is 4.38. The zero-order valence-electron chi connectivity index (χ0n) is 10.1. The first-order valence-electron chi connectivity index (χ1n) is 5.81. The topological polar surface area (TPSA) is 70.7 Å². The number of aromatic hydroxyl groups is 1. The van der Waals surface area contributed by atoms with Gasteiger partial charge in [-0.2, -0.15) is 0 Å². The number of phenolic OH excluding ortho intramolecular Hbond substituents is 1. The molecule has 5 heteroatoms. The van der Waals surface area contributed by atoms with Crippen LogP contribution in [0.2, 0.25) is 0 Å². The summed E-state index contributed by atoms with van der Waals surface area (Å²) in [5, 5.41) is 19.1. The zero-order chi connectivity index (χ0) is 14.3. The Kier molecular flexibility index (Phi) is 2.68. The summed E-state index contributed by atoms with van der Waals surface area (Å²) >= 11 is 0. The van der Waals surface area contributed by atoms with Gasteiger partial charge in [-0.15, -0.1) is 0 Å². The monoisotopic (exact) mass is 272 g/mol. The minimum absolute atomic E-state index is 0.0496. The number of aromatic carboxylic acids is 1. The molecule has 2 N–H and O–H groups in total. The molecule has 0 amide bonds. The third-order valence-electron chi connectivity index (χ3n) is 2.99. The van der Waals surface area contributed by atoms with Gasteiger partial charge in [0.25, 0.3) is 0 Å². The van der Waals surface area contributed by atoms with Crippen LogP contribution in [0.4, 0.5) is 4.39 Å². The number of furan rings is 1. The van der Waals surface area contributed by atoms with Crippen molar-refractivity contribution in [2.75, 3.05) is 0 Å². The second-order valence-corrected chi connectivity index (χ2v) is 4.30. The van der Waals surface area contributed by atoms with Crippen molar-refractivity contribution in [2.24, 2.45) is 0 Å². The number of hydrogen-bond acceptors (Lipinski definition) is 3. The third-order valence-corrected chi connectivity index (χ3v) is 2.99. The molecule has 0 spiro atoms. The van der Waals surface area contributed by atoms with Crippen molar-refractivity contribution in [1.82, 2.24) is 0 Å². The van der Waals surface area contributed by atoms with Crippen LogP contribution in [-0.2, 0) is 0 Å². The molecule has 0 unspecified atom stereocenters. The van der Waals surface area contributed by atoms with E-state index < -0.39 is 11.8 Å². The lowest BCUT2D eigenvalue weighted by Crippen LogP contribution is -1.97. The molecule has 0 aliphatic heterocycles. The Labute approximate surface area is 112 Å². The van der Waals surface area contributed by atoms with Crippen molar-refractivity contribution < 1.29 is 23.8 Å². The molecule has 0 atom stereocenters. The molecule has 1 heterocycles. The van der Waals surface area contributed by atoms with Gasteiger partial charge in [-0.25, -0.2) is 9.18 Å². The molecule has 0 aliphatic rings. The van der Waals surface area contributed by atoms with Gasteiger partial charge >= 0.3 is 5.97 Å². The van der Waals surface area contributed by atoms with E-state index in [0.29, 0.717) is 16.5 Å². The van der Waals surface area contributed by atoms with Crippen molar-refractivity contribution >= 4 is 16.9 Å². The summed E-state index contributed by atoms with van der Waals surface area (Å²) in [7, 11) is 0. The third kappa shape index (κ3) is 1.89. The van der Waals surface area contributed by atoms with Crippen LogP contribution in [0.3, 0.4) is 0 Å². The van der Waals surface area contributed by atoms with Gasteiger partial charge in [0.2, 0.25) is 0 Å². The Morgan fingerprint density at radius 1 is 1.10 bits per heavy atom. The van der Waals surface area contributed by atoms with Crippen LogP contribution in [0.5, 0.6) is 5.75 Å². The molecule has 0 saturated carbocycles. The van der Waals surface area contributed by atoms with E-state index in [0.717, 1.165) is 0 Å². The summed E-state index contributed by atoms with van der Waals surface area (Å²) < 4.78 is 18.5. The Bertz CT molecular complexity index is 803. The Morgan fingerprint density at radius 3 is 2.45 bits per heavy atom. The maximum atomic E-state index is 12.9. The first-order valence-corrected chi connectivity index (χ1v) is 5.81. The summed E-state index contributed by atoms with van der Waals surface area (Å²) in [5.74, 6) is -1.50. The molecule has 2 aromatic carbocycles. The van der Waals surface area contributed by atoms with Crippen LogP contribution < -0.4 is 0 Å². The van der Waals surface area contributed by atoms with E-state index >= 15 is 0 Å². The lowest BCUT2D eigenvalue weighted by Gasteiger charge is -1.99. The minimum Gasteiger partial charge on any atom is -0.508 e. The smallest absolute Gasteiger partial charge is 0.340 e. The standard InChI is InChI=1S/C15H9FO4/c16-9-3-1-8(2-4-9)14-13(15(18)19)11-7-10(17)5-6-12(11)20-14/h1-7,17H,(H,18,19). The quantitative estimate of drug-likeness (QED) is 0.747. The molecular weight excluding hydrogens is 263 g/mol. The second-order valence-electron chi connectivity index (χ2n) is 4.30. The number of carboxylic acids is 1. The molecule has 0 fully saturated rings. The molecule has 0 saturated heterocycles. The van der Waals surface area contributed by atoms with E-state index in [-0.39, 0.29) is 17.1 Å². The van der Waals surface area contributed by atoms with E-state index in [1.165, 1.54) is 42.5 Å². The Hall–Kier alpha value is -2.82. The molecular formula is C15H9FO4. The maximum Gasteiger partial charge on any atom is 0.340 e. The molecule has 3 aromatic rings. The fourth-order valence-electron chi connectivity index (χ4n) is 2.10. The highest BCUT2D eigenvalue weighted by Crippen LogP contribution is 2.35. The van der Waals surface area contributed by atoms with Gasteiger partial charge in [0.1, 0.15) is 28.5 Å². The van der Waals surface area contributed by atoms with E-state index in [1.54, 1.807) is 0 Å². The molecule has 20 heavy (non-hydrogen) atoms. The predicted molar refractivity (Wildman–Crippen MR) is 70.2 cm³/mol. The first kappa shape index (κ1) is 12.2. The lowest BCUT2D eigenvalue weighted by atomic mass is 10.1. The predicted octanol–water partition coefficient (Wildman–Crippen LogP) is 3.64. The van der Waals surface area contributed by atoms with E-state index in [4.69, 9.17) is 4.42 Å². The molecule has 3 rings (SSSR count). The molecule has 0 radical (unpaired) electrons. The van der Waals surface area contributed by atoms with Crippen molar-refractivity contribution in [3.8, 4) is 17.1 Å². The zero-order valence-corrected chi connectivity index (χ0v) is 10.1. The SMILES string of the molecule is O=C(O)c1c(-c2ccc(F)cc2)oc2ccc(O)cc12. The number of carbonyl (C=O) groups is 1. The van der Waals surface area contributed by atoms with Crippen LogP contribution in [0.25, 0.3) is 22.3 Å². The number of fused-ring (bicyclic) bond motifs is 1. The fraction of sp³-hybridized carbons (Fsp3) is 0. The highest BCUT2D eigenvalue weighted by Gasteiger charge is 2.21. The summed E-state index contributed by atoms with van der Waals surface area (Å²) in [4.78, 5) is 11.4. The molecule has 1 aromatic heterocycles. The van der Waals surface area contributed by atoms with Crippen LogP contribution >= 0.6 is 0 Å². The van der Waals surface area contributed by atoms with Crippen molar-refractivity contribution in [2.45, 2.75) is 0 Å². The van der Waals surface area contributed by atoms with Crippen LogP contribution in [0.1, 0.15) is 10.4 Å². The van der Waals surface area contributed by atoms with E-state index in [1.807, 2.05) is 0 Å². The van der Waals surface area contributed by atoms with Gasteiger partial charge < -0.3 is 14.6 Å². The van der Waals surface area contributed by atoms with Crippen molar-refractivity contribution in [1.29, 1.82) is 0 Å². The summed E-state index contributed by atoms with van der Waals surface area (Å²) in [6.45, 7) is 0. The molecule has 100 valence electrons. The summed E-state index contributed by atoms with van der Waals surface area (Å²) in [5.41, 5.74) is 0.751. The van der Waals surface area contributed by atoms with Gasteiger partial charge in [-0.3, -0.25) is 0 Å². The first-order chi connectivity index (χ1) is 9.56. The normalized spacial score (nSPS) is 10.8. The van der Waals surface area contributed by atoms with Gasteiger partial charge in [0.15, 0.2) is 0 Å². The Balaban J connectivity index is 2.32. The van der Waals surface area contributed by atoms with Gasteiger partial charge in [0, 0.05) is 10.9 Å². The minimum atomic E-state index is -1.17. The van der Waals surface area contributed by atoms with Crippen LogP contribution in [0, 0.1) is 5.82 Å². The lowest BCUT2D eigenvalue weighted by molar-refractivity contribution is 0.0699. The molecule has 0 bridgehead atoms. The van der Waals surface area contributed by atoms with Gasteiger partial charge in [0.05, 0.1) is 0 Å². The summed E-state index contributed by atoms with van der Waals surface area (Å²) in [6.07, 6.45) is 0. The summed E-state index contributed by atoms with van der Waals surface area (Å²) in [6, 6.07) is 9.57. The fourth-order valence-corrected chi connectivity index (χ4v) is 2.10. The van der Waals surface area contributed by atoms with Crippen molar-refractivity contribution in [3.63, 3.8) is 0 Å². The van der Waals surface area contributed by atoms with Crippen molar-refractivity contribution in [3.05, 3.63) is 53.8 Å². The van der Waals surface area contributed by atoms with E-state index in [2.05, 4.69) is 0 Å². The Morgan fingerprint density at radius 2 is 1.80 bits per heavy atom. The highest BCUT2D eigenvalue weighted by molar-refractivity contribution is 6.08. The number of hydrogen-bond donors (Lipinski definition) is 2.